The van der Waals surface area contributed by atoms with E-state index in [-0.39, 0.29) is 15.7 Å². The van der Waals surface area contributed by atoms with Crippen LogP contribution in [0.5, 0.6) is 5.75 Å². The third-order valence-electron chi connectivity index (χ3n) is 3.86. The number of phenols is 1. The van der Waals surface area contributed by atoms with Crippen LogP contribution in [0.25, 0.3) is 10.8 Å². The van der Waals surface area contributed by atoms with Crippen molar-refractivity contribution in [1.29, 1.82) is 0 Å². The lowest BCUT2D eigenvalue weighted by Gasteiger charge is -2.13. The van der Waals surface area contributed by atoms with Crippen LogP contribution in [-0.2, 0) is 16.4 Å². The van der Waals surface area contributed by atoms with Crippen molar-refractivity contribution in [3.05, 3.63) is 65.2 Å². The summed E-state index contributed by atoms with van der Waals surface area (Å²) in [6, 6.07) is 15.1. The lowest BCUT2D eigenvalue weighted by molar-refractivity contribution is 0.482. The average Bonchev–Trinajstić information content (AvgIpc) is 2.59. The van der Waals surface area contributed by atoms with Crippen molar-refractivity contribution in [3.8, 4) is 5.75 Å². The molecule has 6 heteroatoms. The highest BCUT2D eigenvalue weighted by Gasteiger charge is 2.17. The van der Waals surface area contributed by atoms with Gasteiger partial charge < -0.3 is 5.11 Å². The highest BCUT2D eigenvalue weighted by Crippen LogP contribution is 2.38. The summed E-state index contributed by atoms with van der Waals surface area (Å²) in [4.78, 5) is 0.174. The van der Waals surface area contributed by atoms with Gasteiger partial charge in [-0.2, -0.15) is 0 Å². The van der Waals surface area contributed by atoms with Gasteiger partial charge in [0.15, 0.2) is 0 Å². The van der Waals surface area contributed by atoms with E-state index in [1.54, 1.807) is 48.5 Å². The highest BCUT2D eigenvalue weighted by atomic mass is 35.5. The van der Waals surface area contributed by atoms with E-state index in [0.717, 1.165) is 12.0 Å². The van der Waals surface area contributed by atoms with Gasteiger partial charge in [-0.25, -0.2) is 8.42 Å². The van der Waals surface area contributed by atoms with Crippen LogP contribution in [0.3, 0.4) is 0 Å². The summed E-state index contributed by atoms with van der Waals surface area (Å²) in [7, 11) is -3.75. The molecule has 2 N–H and O–H groups in total. The molecule has 3 aromatic rings. The van der Waals surface area contributed by atoms with Crippen molar-refractivity contribution < 1.29 is 13.5 Å². The van der Waals surface area contributed by atoms with Crippen LogP contribution >= 0.6 is 11.6 Å². The number of nitrogens with one attached hydrogen (secondary N) is 1. The summed E-state index contributed by atoms with van der Waals surface area (Å²) in [5.74, 6) is -0.0671. The fourth-order valence-electron chi connectivity index (χ4n) is 2.52. The molecule has 0 aliphatic heterocycles. The van der Waals surface area contributed by atoms with Gasteiger partial charge in [-0.3, -0.25) is 4.72 Å². The molecule has 3 aromatic carbocycles. The van der Waals surface area contributed by atoms with E-state index in [2.05, 4.69) is 4.72 Å². The Balaban J connectivity index is 2.07. The molecule has 0 spiro atoms. The minimum Gasteiger partial charge on any atom is -0.506 e. The molecule has 0 saturated carbocycles. The molecule has 0 amide bonds. The maximum atomic E-state index is 12.6. The first kappa shape index (κ1) is 16.6. The van der Waals surface area contributed by atoms with E-state index in [0.29, 0.717) is 16.5 Å². The molecular formula is C18H16ClNO3S. The molecule has 0 aromatic heterocycles. The summed E-state index contributed by atoms with van der Waals surface area (Å²) >= 11 is 6.02. The molecule has 124 valence electrons. The number of halogens is 1. The van der Waals surface area contributed by atoms with Gasteiger partial charge in [-0.15, -0.1) is 0 Å². The predicted octanol–water partition coefficient (Wildman–Crippen LogP) is 4.56. The molecule has 0 aliphatic rings. The van der Waals surface area contributed by atoms with Crippen LogP contribution < -0.4 is 4.72 Å². The molecule has 0 fully saturated rings. The fourth-order valence-corrected chi connectivity index (χ4v) is 3.80. The van der Waals surface area contributed by atoms with Gasteiger partial charge in [0.05, 0.1) is 15.6 Å². The lowest BCUT2D eigenvalue weighted by Crippen LogP contribution is -2.13. The van der Waals surface area contributed by atoms with Gasteiger partial charge in [0.1, 0.15) is 5.75 Å². The molecule has 0 radical (unpaired) electrons. The topological polar surface area (TPSA) is 66.4 Å². The lowest BCUT2D eigenvalue weighted by atomic mass is 10.1. The van der Waals surface area contributed by atoms with Crippen molar-refractivity contribution in [2.24, 2.45) is 0 Å². The Morgan fingerprint density at radius 2 is 1.67 bits per heavy atom. The first-order valence-electron chi connectivity index (χ1n) is 7.44. The summed E-state index contributed by atoms with van der Waals surface area (Å²) < 4.78 is 27.8. The molecule has 0 aliphatic carbocycles. The summed E-state index contributed by atoms with van der Waals surface area (Å²) in [5, 5.41) is 11.2. The summed E-state index contributed by atoms with van der Waals surface area (Å²) in [5.41, 5.74) is 1.39. The van der Waals surface area contributed by atoms with E-state index in [1.165, 1.54) is 6.07 Å². The van der Waals surface area contributed by atoms with E-state index in [1.807, 2.05) is 6.92 Å². The average molecular weight is 362 g/mol. The largest absolute Gasteiger partial charge is 0.506 e. The highest BCUT2D eigenvalue weighted by molar-refractivity contribution is 7.92. The van der Waals surface area contributed by atoms with Crippen LogP contribution in [0.1, 0.15) is 12.5 Å². The molecule has 0 bridgehead atoms. The number of hydrogen-bond donors (Lipinski definition) is 2. The maximum absolute atomic E-state index is 12.6. The summed E-state index contributed by atoms with van der Waals surface area (Å²) in [6.07, 6.45) is 0.839. The third-order valence-corrected chi connectivity index (χ3v) is 5.53. The standard InChI is InChI=1S/C18H16ClNO3S/c1-2-12-7-9-13(10-8-12)24(22,23)20-17-11-16(19)18(21)15-6-4-3-5-14(15)17/h3-11,20-21H,2H2,1H3. The van der Waals surface area contributed by atoms with E-state index < -0.39 is 10.0 Å². The van der Waals surface area contributed by atoms with Gasteiger partial charge >= 0.3 is 0 Å². The van der Waals surface area contributed by atoms with Crippen LogP contribution in [0, 0.1) is 0 Å². The van der Waals surface area contributed by atoms with E-state index in [9.17, 15) is 13.5 Å². The predicted molar refractivity (Wildman–Crippen MR) is 97.3 cm³/mol. The molecular weight excluding hydrogens is 346 g/mol. The minimum absolute atomic E-state index is 0.0671. The van der Waals surface area contributed by atoms with Crippen LogP contribution in [0.2, 0.25) is 5.02 Å². The Hall–Kier alpha value is -2.24. The van der Waals surface area contributed by atoms with Gasteiger partial charge in [0.2, 0.25) is 0 Å². The molecule has 0 atom stereocenters. The van der Waals surface area contributed by atoms with Crippen LogP contribution in [0.15, 0.2) is 59.5 Å². The number of fused-ring (bicyclic) bond motifs is 1. The number of anilines is 1. The van der Waals surface area contributed by atoms with Crippen LogP contribution in [-0.4, -0.2) is 13.5 Å². The number of hydrogen-bond acceptors (Lipinski definition) is 3. The number of benzene rings is 3. The second-order valence-corrected chi connectivity index (χ2v) is 7.49. The Kier molecular flexibility index (Phi) is 4.39. The second-order valence-electron chi connectivity index (χ2n) is 5.40. The van der Waals surface area contributed by atoms with Crippen molar-refractivity contribution in [3.63, 3.8) is 0 Å². The SMILES string of the molecule is CCc1ccc(S(=O)(=O)Nc2cc(Cl)c(O)c3ccccc23)cc1. The first-order chi connectivity index (χ1) is 11.4. The number of rotatable bonds is 4. The number of sulfonamides is 1. The molecule has 0 unspecified atom stereocenters. The Morgan fingerprint density at radius 1 is 1.04 bits per heavy atom. The molecule has 4 nitrogen and oxygen atoms in total. The quantitative estimate of drug-likeness (QED) is 0.669. The van der Waals surface area contributed by atoms with Crippen molar-refractivity contribution in [2.45, 2.75) is 18.2 Å². The number of aromatic hydroxyl groups is 1. The van der Waals surface area contributed by atoms with Gasteiger partial charge in [-0.05, 0) is 30.2 Å². The first-order valence-corrected chi connectivity index (χ1v) is 9.30. The Bertz CT molecular complexity index is 999. The smallest absolute Gasteiger partial charge is 0.261 e. The van der Waals surface area contributed by atoms with Crippen molar-refractivity contribution in [1.82, 2.24) is 0 Å². The Labute approximate surface area is 145 Å². The van der Waals surface area contributed by atoms with Crippen molar-refractivity contribution >= 4 is 38.1 Å². The maximum Gasteiger partial charge on any atom is 0.261 e. The molecule has 3 rings (SSSR count). The number of aryl methyl sites for hydroxylation is 1. The molecule has 0 saturated heterocycles. The molecule has 0 heterocycles. The zero-order valence-corrected chi connectivity index (χ0v) is 14.5. The number of phenolic OH excluding ortho intramolecular Hbond substituents is 1. The fraction of sp³-hybridized carbons (Fsp3) is 0.111. The zero-order valence-electron chi connectivity index (χ0n) is 13.0. The third kappa shape index (κ3) is 3.05. The van der Waals surface area contributed by atoms with Gasteiger partial charge in [0.25, 0.3) is 10.0 Å². The summed E-state index contributed by atoms with van der Waals surface area (Å²) in [6.45, 7) is 2.01. The Morgan fingerprint density at radius 3 is 2.29 bits per heavy atom. The van der Waals surface area contributed by atoms with Gasteiger partial charge in [-0.1, -0.05) is 54.9 Å². The molecule has 24 heavy (non-hydrogen) atoms. The van der Waals surface area contributed by atoms with Crippen LogP contribution in [0.4, 0.5) is 5.69 Å². The van der Waals surface area contributed by atoms with E-state index in [4.69, 9.17) is 11.6 Å². The second kappa shape index (κ2) is 6.34. The normalized spacial score (nSPS) is 11.6. The van der Waals surface area contributed by atoms with Crippen molar-refractivity contribution in [2.75, 3.05) is 4.72 Å². The van der Waals surface area contributed by atoms with E-state index >= 15 is 0 Å². The monoisotopic (exact) mass is 361 g/mol. The minimum atomic E-state index is -3.75. The zero-order chi connectivity index (χ0) is 17.3. The van der Waals surface area contributed by atoms with Gasteiger partial charge in [0, 0.05) is 10.8 Å².